The van der Waals surface area contributed by atoms with Gasteiger partial charge in [-0.3, -0.25) is 14.6 Å². The van der Waals surface area contributed by atoms with Crippen LogP contribution in [0.2, 0.25) is 0 Å². The molecule has 1 fully saturated rings. The normalized spacial score (nSPS) is 15.0. The standard InChI is InChI=1S/C25H21N5O2S/c26-20-6-4-17(5-7-20)24(32)30-13-10-22(30)23(31)29-25-28-21(15-33-25)19-3-1-2-18(14-19)16-8-11-27-12-9-16/h1-9,11-12,14-15,22H,10,13,26H2,(H,28,29,31). The van der Waals surface area contributed by atoms with E-state index in [0.29, 0.717) is 29.3 Å². The first-order valence-corrected chi connectivity index (χ1v) is 11.4. The summed E-state index contributed by atoms with van der Waals surface area (Å²) in [6.07, 6.45) is 4.15. The van der Waals surface area contributed by atoms with Crippen LogP contribution in [0.4, 0.5) is 10.8 Å². The van der Waals surface area contributed by atoms with Gasteiger partial charge in [0.1, 0.15) is 6.04 Å². The summed E-state index contributed by atoms with van der Waals surface area (Å²) in [5.41, 5.74) is 10.7. The van der Waals surface area contributed by atoms with Crippen LogP contribution in [-0.4, -0.2) is 39.3 Å². The van der Waals surface area contributed by atoms with Crippen LogP contribution in [-0.2, 0) is 4.79 Å². The largest absolute Gasteiger partial charge is 0.399 e. The van der Waals surface area contributed by atoms with E-state index in [0.717, 1.165) is 22.4 Å². The maximum atomic E-state index is 12.8. The highest BCUT2D eigenvalue weighted by Crippen LogP contribution is 2.29. The van der Waals surface area contributed by atoms with Crippen LogP contribution < -0.4 is 11.1 Å². The summed E-state index contributed by atoms with van der Waals surface area (Å²) in [4.78, 5) is 35.8. The molecule has 1 atom stereocenters. The Kier molecular flexibility index (Phi) is 5.58. The zero-order valence-electron chi connectivity index (χ0n) is 17.6. The highest BCUT2D eigenvalue weighted by atomic mass is 32.1. The van der Waals surface area contributed by atoms with Crippen LogP contribution in [0.3, 0.4) is 0 Å². The second-order valence-corrected chi connectivity index (χ2v) is 8.63. The predicted octanol–water partition coefficient (Wildman–Crippen LogP) is 4.31. The number of pyridine rings is 1. The zero-order valence-corrected chi connectivity index (χ0v) is 18.5. The molecule has 0 radical (unpaired) electrons. The molecule has 164 valence electrons. The Morgan fingerprint density at radius 3 is 2.48 bits per heavy atom. The molecular weight excluding hydrogens is 434 g/mol. The van der Waals surface area contributed by atoms with Gasteiger partial charge in [0.2, 0.25) is 5.91 Å². The molecule has 0 bridgehead atoms. The van der Waals surface area contributed by atoms with Crippen LogP contribution in [0.5, 0.6) is 0 Å². The van der Waals surface area contributed by atoms with Crippen LogP contribution in [0, 0.1) is 0 Å². The Morgan fingerprint density at radius 2 is 1.76 bits per heavy atom. The number of rotatable bonds is 5. The molecule has 4 aromatic rings. The van der Waals surface area contributed by atoms with Crippen molar-refractivity contribution in [1.82, 2.24) is 14.9 Å². The SMILES string of the molecule is Nc1ccc(C(=O)N2CCC2C(=O)Nc2nc(-c3cccc(-c4ccncc4)c3)cs2)cc1. The first kappa shape index (κ1) is 20.8. The Morgan fingerprint density at radius 1 is 1.00 bits per heavy atom. The van der Waals surface area contributed by atoms with Gasteiger partial charge in [0.25, 0.3) is 5.91 Å². The minimum absolute atomic E-state index is 0.172. The van der Waals surface area contributed by atoms with Crippen molar-refractivity contribution in [1.29, 1.82) is 0 Å². The van der Waals surface area contributed by atoms with Gasteiger partial charge in [-0.2, -0.15) is 0 Å². The number of aromatic nitrogens is 2. The van der Waals surface area contributed by atoms with E-state index in [1.54, 1.807) is 41.6 Å². The molecule has 2 aromatic heterocycles. The van der Waals surface area contributed by atoms with Crippen molar-refractivity contribution in [3.8, 4) is 22.4 Å². The first-order valence-electron chi connectivity index (χ1n) is 10.5. The average Bonchev–Trinajstić information content (AvgIpc) is 3.28. The Hall–Kier alpha value is -4.04. The first-order chi connectivity index (χ1) is 16.1. The second-order valence-electron chi connectivity index (χ2n) is 7.77. The van der Waals surface area contributed by atoms with E-state index in [9.17, 15) is 9.59 Å². The van der Waals surface area contributed by atoms with E-state index in [-0.39, 0.29) is 11.8 Å². The molecule has 33 heavy (non-hydrogen) atoms. The third-order valence-electron chi connectivity index (χ3n) is 5.65. The number of thiazole rings is 1. The molecule has 1 unspecified atom stereocenters. The lowest BCUT2D eigenvalue weighted by molar-refractivity contribution is -0.123. The molecule has 0 saturated carbocycles. The van der Waals surface area contributed by atoms with Gasteiger partial charge in [-0.05, 0) is 60.0 Å². The lowest BCUT2D eigenvalue weighted by Gasteiger charge is -2.39. The lowest BCUT2D eigenvalue weighted by Crippen LogP contribution is -2.56. The molecule has 3 N–H and O–H groups in total. The van der Waals surface area contributed by atoms with Crippen molar-refractivity contribution in [2.75, 3.05) is 17.6 Å². The molecule has 1 aliphatic rings. The zero-order chi connectivity index (χ0) is 22.8. The van der Waals surface area contributed by atoms with Gasteiger partial charge in [-0.15, -0.1) is 11.3 Å². The Balaban J connectivity index is 1.27. The van der Waals surface area contributed by atoms with Gasteiger partial charge in [0, 0.05) is 41.1 Å². The lowest BCUT2D eigenvalue weighted by atomic mass is 10.0. The number of likely N-dealkylation sites (tertiary alicyclic amines) is 1. The number of nitrogens with two attached hydrogens (primary N) is 1. The van der Waals surface area contributed by atoms with Crippen molar-refractivity contribution in [2.45, 2.75) is 12.5 Å². The van der Waals surface area contributed by atoms with E-state index in [2.05, 4.69) is 21.4 Å². The number of amides is 2. The number of hydrogen-bond donors (Lipinski definition) is 2. The van der Waals surface area contributed by atoms with E-state index in [4.69, 9.17) is 5.73 Å². The van der Waals surface area contributed by atoms with Crippen molar-refractivity contribution in [3.63, 3.8) is 0 Å². The molecule has 2 aromatic carbocycles. The number of nitrogens with zero attached hydrogens (tertiary/aromatic N) is 3. The maximum absolute atomic E-state index is 12.8. The van der Waals surface area contributed by atoms with E-state index >= 15 is 0 Å². The highest BCUT2D eigenvalue weighted by Gasteiger charge is 2.38. The fourth-order valence-electron chi connectivity index (χ4n) is 3.75. The third-order valence-corrected chi connectivity index (χ3v) is 6.40. The van der Waals surface area contributed by atoms with Crippen LogP contribution in [0.15, 0.2) is 78.4 Å². The second kappa shape index (κ2) is 8.84. The minimum Gasteiger partial charge on any atom is -0.399 e. The monoisotopic (exact) mass is 455 g/mol. The maximum Gasteiger partial charge on any atom is 0.254 e. The smallest absolute Gasteiger partial charge is 0.254 e. The van der Waals surface area contributed by atoms with Crippen LogP contribution >= 0.6 is 11.3 Å². The number of hydrogen-bond acceptors (Lipinski definition) is 6. The predicted molar refractivity (Wildman–Crippen MR) is 130 cm³/mol. The summed E-state index contributed by atoms with van der Waals surface area (Å²) in [6, 6.07) is 18.2. The minimum atomic E-state index is -0.502. The molecule has 2 amide bonds. The van der Waals surface area contributed by atoms with Gasteiger partial charge in [0.15, 0.2) is 5.13 Å². The quantitative estimate of drug-likeness (QED) is 0.437. The summed E-state index contributed by atoms with van der Waals surface area (Å²) in [5.74, 6) is -0.398. The number of benzene rings is 2. The molecule has 1 saturated heterocycles. The van der Waals surface area contributed by atoms with Gasteiger partial charge >= 0.3 is 0 Å². The highest BCUT2D eigenvalue weighted by molar-refractivity contribution is 7.14. The Labute approximate surface area is 194 Å². The van der Waals surface area contributed by atoms with Gasteiger partial charge in [-0.1, -0.05) is 18.2 Å². The molecule has 1 aliphatic heterocycles. The molecule has 0 spiro atoms. The molecule has 0 aliphatic carbocycles. The molecular formula is C25H21N5O2S. The summed E-state index contributed by atoms with van der Waals surface area (Å²) in [6.45, 7) is 0.548. The van der Waals surface area contributed by atoms with Crippen molar-refractivity contribution in [2.24, 2.45) is 0 Å². The molecule has 7 nitrogen and oxygen atoms in total. The number of nitrogen functional groups attached to an aromatic ring is 1. The third kappa shape index (κ3) is 4.33. The summed E-state index contributed by atoms with van der Waals surface area (Å²) in [5, 5.41) is 5.30. The molecule has 8 heteroatoms. The fraction of sp³-hybridized carbons (Fsp3) is 0.120. The van der Waals surface area contributed by atoms with Crippen LogP contribution in [0.1, 0.15) is 16.8 Å². The number of carbonyl (C=O) groups is 2. The summed E-state index contributed by atoms with van der Waals surface area (Å²) >= 11 is 1.36. The topological polar surface area (TPSA) is 101 Å². The van der Waals surface area contributed by atoms with Crippen molar-refractivity contribution in [3.05, 3.63) is 84.0 Å². The molecule has 3 heterocycles. The van der Waals surface area contributed by atoms with E-state index < -0.39 is 6.04 Å². The fourth-order valence-corrected chi connectivity index (χ4v) is 4.47. The van der Waals surface area contributed by atoms with Gasteiger partial charge in [0.05, 0.1) is 5.69 Å². The number of carbonyl (C=O) groups excluding carboxylic acids is 2. The van der Waals surface area contributed by atoms with Crippen molar-refractivity contribution < 1.29 is 9.59 Å². The van der Waals surface area contributed by atoms with Gasteiger partial charge < -0.3 is 16.0 Å². The number of nitrogens with one attached hydrogen (secondary N) is 1. The Bertz CT molecular complexity index is 1300. The molecule has 5 rings (SSSR count). The number of anilines is 2. The van der Waals surface area contributed by atoms with E-state index in [1.165, 1.54) is 11.3 Å². The summed E-state index contributed by atoms with van der Waals surface area (Å²) < 4.78 is 0. The van der Waals surface area contributed by atoms with E-state index in [1.807, 2.05) is 35.7 Å². The van der Waals surface area contributed by atoms with Gasteiger partial charge in [-0.25, -0.2) is 4.98 Å². The van der Waals surface area contributed by atoms with Crippen LogP contribution in [0.25, 0.3) is 22.4 Å². The summed E-state index contributed by atoms with van der Waals surface area (Å²) in [7, 11) is 0. The average molecular weight is 456 g/mol. The van der Waals surface area contributed by atoms with Crippen molar-refractivity contribution >= 4 is 34.0 Å².